The molecular formula is C90H57BN6. The molecule has 4 aromatic heterocycles. The van der Waals surface area contributed by atoms with Gasteiger partial charge in [-0.25, -0.2) is 0 Å². The van der Waals surface area contributed by atoms with E-state index in [0.29, 0.717) is 0 Å². The van der Waals surface area contributed by atoms with E-state index in [0.717, 1.165) is 101 Å². The quantitative estimate of drug-likeness (QED) is 0.142. The summed E-state index contributed by atoms with van der Waals surface area (Å²) in [6.07, 6.45) is 0. The summed E-state index contributed by atoms with van der Waals surface area (Å²) in [5, 5.41) is 9.75. The van der Waals surface area contributed by atoms with Gasteiger partial charge in [-0.1, -0.05) is 237 Å². The van der Waals surface area contributed by atoms with Crippen LogP contribution in [0.3, 0.4) is 0 Å². The number of rotatable bonds is 8. The maximum Gasteiger partial charge on any atom is 0.252 e. The zero-order valence-electron chi connectivity index (χ0n) is 52.7. The molecule has 0 N–H and O–H groups in total. The van der Waals surface area contributed by atoms with Gasteiger partial charge in [0.25, 0.3) is 6.71 Å². The van der Waals surface area contributed by atoms with Crippen LogP contribution in [0.5, 0.6) is 0 Å². The Morgan fingerprint density at radius 2 is 0.423 bits per heavy atom. The summed E-state index contributed by atoms with van der Waals surface area (Å²) in [7, 11) is 0. The zero-order valence-corrected chi connectivity index (χ0v) is 52.7. The van der Waals surface area contributed by atoms with Crippen LogP contribution in [0.1, 0.15) is 0 Å². The monoisotopic (exact) mass is 1230 g/mol. The first-order chi connectivity index (χ1) is 48.1. The SMILES string of the molecule is c1ccc(-c2ccc3c(c2)B2c4cc(-c5ccccc5)ccc4N(c4cc(-n5c6ccccc6c6ccccc65)cc(-n5c6ccccc6c6ccccc65)c4)c4cccc(c42)N3c2cc(-n3c4ccccc4c4ccccc43)cc(-n3c4ccccc4c4ccccc43)c2)cc1. The predicted octanol–water partition coefficient (Wildman–Crippen LogP) is 21.5. The topological polar surface area (TPSA) is 26.2 Å². The van der Waals surface area contributed by atoms with Crippen molar-refractivity contribution in [1.29, 1.82) is 0 Å². The van der Waals surface area contributed by atoms with Crippen molar-refractivity contribution in [3.8, 4) is 45.0 Å². The molecule has 2 aliphatic rings. The molecule has 7 heteroatoms. The van der Waals surface area contributed by atoms with Gasteiger partial charge in [0, 0.05) is 65.8 Å². The molecule has 21 rings (SSSR count). The van der Waals surface area contributed by atoms with Crippen molar-refractivity contribution in [3.05, 3.63) is 346 Å². The molecule has 15 aromatic carbocycles. The molecule has 6 nitrogen and oxygen atoms in total. The highest BCUT2D eigenvalue weighted by Gasteiger charge is 2.44. The number of para-hydroxylation sites is 8. The summed E-state index contributed by atoms with van der Waals surface area (Å²) >= 11 is 0. The minimum absolute atomic E-state index is 0.189. The van der Waals surface area contributed by atoms with Crippen molar-refractivity contribution in [2.75, 3.05) is 9.80 Å². The Bertz CT molecular complexity index is 5620. The fraction of sp³-hybridized carbons (Fsp3) is 0. The van der Waals surface area contributed by atoms with E-state index in [4.69, 9.17) is 0 Å². The third-order valence-corrected chi connectivity index (χ3v) is 20.8. The van der Waals surface area contributed by atoms with Crippen LogP contribution in [0.2, 0.25) is 0 Å². The molecule has 0 radical (unpaired) electrons. The molecule has 0 fully saturated rings. The Labute approximate surface area is 559 Å². The van der Waals surface area contributed by atoms with Crippen LogP contribution < -0.4 is 26.2 Å². The summed E-state index contributed by atoms with van der Waals surface area (Å²) < 4.78 is 9.95. The van der Waals surface area contributed by atoms with E-state index in [2.05, 4.69) is 374 Å². The molecule has 2 aliphatic heterocycles. The van der Waals surface area contributed by atoms with Crippen LogP contribution in [0.4, 0.5) is 34.1 Å². The number of anilines is 6. The molecule has 0 amide bonds. The smallest absolute Gasteiger partial charge is 0.252 e. The van der Waals surface area contributed by atoms with E-state index in [1.807, 2.05) is 0 Å². The second-order valence-electron chi connectivity index (χ2n) is 26.0. The van der Waals surface area contributed by atoms with Crippen LogP contribution in [0, 0.1) is 0 Å². The highest BCUT2D eigenvalue weighted by molar-refractivity contribution is 7.00. The summed E-state index contributed by atoms with van der Waals surface area (Å²) in [5.41, 5.74) is 28.5. The number of fused-ring (bicyclic) bond motifs is 16. The van der Waals surface area contributed by atoms with E-state index in [1.54, 1.807) is 0 Å². The summed E-state index contributed by atoms with van der Waals surface area (Å²) in [5.74, 6) is 0. The molecule has 0 bridgehead atoms. The Kier molecular flexibility index (Phi) is 11.5. The Morgan fingerprint density at radius 1 is 0.175 bits per heavy atom. The van der Waals surface area contributed by atoms with Crippen LogP contribution >= 0.6 is 0 Å². The highest BCUT2D eigenvalue weighted by Crippen LogP contribution is 2.49. The molecule has 0 unspecified atom stereocenters. The van der Waals surface area contributed by atoms with Gasteiger partial charge < -0.3 is 28.1 Å². The van der Waals surface area contributed by atoms with E-state index in [9.17, 15) is 0 Å². The largest absolute Gasteiger partial charge is 0.311 e. The van der Waals surface area contributed by atoms with E-state index < -0.39 is 0 Å². The van der Waals surface area contributed by atoms with Gasteiger partial charge in [0.2, 0.25) is 0 Å². The lowest BCUT2D eigenvalue weighted by Crippen LogP contribution is -2.61. The number of aromatic nitrogens is 4. The van der Waals surface area contributed by atoms with Gasteiger partial charge in [-0.2, -0.15) is 0 Å². The predicted molar refractivity (Wildman–Crippen MR) is 409 cm³/mol. The van der Waals surface area contributed by atoms with Gasteiger partial charge in [-0.15, -0.1) is 0 Å². The van der Waals surface area contributed by atoms with E-state index in [-0.39, 0.29) is 6.71 Å². The van der Waals surface area contributed by atoms with Gasteiger partial charge in [0.1, 0.15) is 0 Å². The molecule has 6 heterocycles. The fourth-order valence-corrected chi connectivity index (χ4v) is 16.9. The molecule has 0 spiro atoms. The lowest BCUT2D eigenvalue weighted by Gasteiger charge is -2.44. The average molecular weight is 1230 g/mol. The minimum Gasteiger partial charge on any atom is -0.311 e. The van der Waals surface area contributed by atoms with Crippen molar-refractivity contribution in [2.45, 2.75) is 0 Å². The lowest BCUT2D eigenvalue weighted by atomic mass is 9.33. The number of nitrogens with zero attached hydrogens (tertiary/aromatic N) is 6. The zero-order chi connectivity index (χ0) is 63.4. The van der Waals surface area contributed by atoms with Crippen molar-refractivity contribution in [3.63, 3.8) is 0 Å². The maximum atomic E-state index is 2.59. The number of benzene rings is 15. The summed E-state index contributed by atoms with van der Waals surface area (Å²) in [6, 6.07) is 129. The third-order valence-electron chi connectivity index (χ3n) is 20.8. The number of hydrogen-bond acceptors (Lipinski definition) is 2. The van der Waals surface area contributed by atoms with Crippen molar-refractivity contribution in [1.82, 2.24) is 18.3 Å². The second-order valence-corrected chi connectivity index (χ2v) is 26.0. The van der Waals surface area contributed by atoms with Crippen LogP contribution in [-0.4, -0.2) is 25.0 Å². The second kappa shape index (κ2) is 20.8. The standard InChI is InChI=1S/C90H57BN6/c1-3-24-58(25-4-1)60-46-48-86-76(50-60)91-77-51-61(59-26-5-2-6-27-59)47-49-87(77)97(67-56-64(94-82-40-19-11-32-72(82)73-33-12-20-41-83(73)94)53-65(57-67)95-84-42-21-13-34-74(84)75-35-14-22-43-85(75)95)89-45-23-44-88(90(89)91)96(86)66-54-62(92-78-36-15-7-28-68(78)69-29-8-16-37-79(69)92)52-63(55-66)93-80-38-17-9-30-70(80)71-31-10-18-39-81(71)93/h1-57H. The van der Waals surface area contributed by atoms with Crippen molar-refractivity contribution < 1.29 is 0 Å². The van der Waals surface area contributed by atoms with Gasteiger partial charge >= 0.3 is 0 Å². The normalized spacial score (nSPS) is 12.7. The Hall–Kier alpha value is -12.8. The lowest BCUT2D eigenvalue weighted by molar-refractivity contribution is 1.12. The first-order valence-corrected chi connectivity index (χ1v) is 33.5. The molecule has 0 saturated carbocycles. The van der Waals surface area contributed by atoms with Gasteiger partial charge in [0.15, 0.2) is 0 Å². The van der Waals surface area contributed by atoms with E-state index >= 15 is 0 Å². The minimum atomic E-state index is -0.189. The van der Waals surface area contributed by atoms with Gasteiger partial charge in [0.05, 0.1) is 78.3 Å². The van der Waals surface area contributed by atoms with Crippen LogP contribution in [0.15, 0.2) is 346 Å². The molecule has 0 aliphatic carbocycles. The molecular weight excluding hydrogens is 1180 g/mol. The van der Waals surface area contributed by atoms with Crippen LogP contribution in [-0.2, 0) is 0 Å². The van der Waals surface area contributed by atoms with E-state index in [1.165, 1.54) is 81.7 Å². The van der Waals surface area contributed by atoms with Crippen LogP contribution in [0.25, 0.3) is 132 Å². The van der Waals surface area contributed by atoms with Crippen molar-refractivity contribution >= 4 is 144 Å². The Balaban J connectivity index is 0.882. The molecule has 0 atom stereocenters. The summed E-state index contributed by atoms with van der Waals surface area (Å²) in [6.45, 7) is -0.189. The first kappa shape index (κ1) is 53.6. The molecule has 19 aromatic rings. The molecule has 97 heavy (non-hydrogen) atoms. The first-order valence-electron chi connectivity index (χ1n) is 33.5. The van der Waals surface area contributed by atoms with Gasteiger partial charge in [-0.05, 0) is 148 Å². The Morgan fingerprint density at radius 3 is 0.701 bits per heavy atom. The van der Waals surface area contributed by atoms with Gasteiger partial charge in [-0.3, -0.25) is 0 Å². The maximum absolute atomic E-state index is 2.59. The highest BCUT2D eigenvalue weighted by atomic mass is 15.2. The number of hydrogen-bond donors (Lipinski definition) is 0. The molecule has 450 valence electrons. The van der Waals surface area contributed by atoms with Crippen molar-refractivity contribution in [2.24, 2.45) is 0 Å². The average Bonchev–Trinajstić information content (AvgIpc) is 1.66. The summed E-state index contributed by atoms with van der Waals surface area (Å²) in [4.78, 5) is 5.19. The third kappa shape index (κ3) is 7.91. The fourth-order valence-electron chi connectivity index (χ4n) is 16.9. The molecule has 0 saturated heterocycles.